The van der Waals surface area contributed by atoms with Crippen molar-refractivity contribution in [2.45, 2.75) is 33.2 Å². The van der Waals surface area contributed by atoms with Crippen molar-refractivity contribution in [1.29, 1.82) is 0 Å². The maximum Gasteiger partial charge on any atom is 0.319 e. The molecule has 0 atom stereocenters. The summed E-state index contributed by atoms with van der Waals surface area (Å²) in [6, 6.07) is 5.97. The number of aromatic amines is 1. The van der Waals surface area contributed by atoms with Gasteiger partial charge < -0.3 is 15.4 Å². The average Bonchev–Trinajstić information content (AvgIpc) is 3.22. The van der Waals surface area contributed by atoms with Gasteiger partial charge in [-0.3, -0.25) is 9.59 Å². The third-order valence-electron chi connectivity index (χ3n) is 4.42. The summed E-state index contributed by atoms with van der Waals surface area (Å²) in [6.45, 7) is 4.44. The summed E-state index contributed by atoms with van der Waals surface area (Å²) in [4.78, 5) is 26.4. The lowest BCUT2D eigenvalue weighted by molar-refractivity contribution is -0.149. The molecular formula is C16H18N2O3. The van der Waals surface area contributed by atoms with Crippen LogP contribution in [-0.4, -0.2) is 22.0 Å². The Balaban J connectivity index is 1.75. The lowest BCUT2D eigenvalue weighted by Crippen LogP contribution is -2.36. The van der Waals surface area contributed by atoms with E-state index in [9.17, 15) is 9.59 Å². The maximum absolute atomic E-state index is 12.0. The maximum atomic E-state index is 12.0. The number of aryl methyl sites for hydroxylation is 2. The number of carbonyl (C=O) groups is 2. The quantitative estimate of drug-likeness (QED) is 0.754. The van der Waals surface area contributed by atoms with Crippen molar-refractivity contribution in [2.24, 2.45) is 5.41 Å². The number of carbonyl (C=O) groups excluding carboxylic acids is 1. The van der Waals surface area contributed by atoms with Crippen molar-refractivity contribution < 1.29 is 14.7 Å². The molecule has 3 rings (SSSR count). The zero-order chi connectivity index (χ0) is 15.2. The van der Waals surface area contributed by atoms with Crippen LogP contribution in [0.5, 0.6) is 0 Å². The largest absolute Gasteiger partial charge is 0.480 e. The minimum absolute atomic E-state index is 0.355. The van der Waals surface area contributed by atoms with Crippen LogP contribution in [0.1, 0.15) is 29.7 Å². The zero-order valence-electron chi connectivity index (χ0n) is 12.1. The van der Waals surface area contributed by atoms with Crippen molar-refractivity contribution in [3.63, 3.8) is 0 Å². The lowest BCUT2D eigenvalue weighted by Gasteiger charge is -2.11. The molecule has 1 aliphatic rings. The second-order valence-electron chi connectivity index (χ2n) is 5.82. The highest BCUT2D eigenvalue weighted by Crippen LogP contribution is 2.46. The number of benzene rings is 1. The molecule has 0 aliphatic heterocycles. The molecular weight excluding hydrogens is 268 g/mol. The van der Waals surface area contributed by atoms with Crippen molar-refractivity contribution in [2.75, 3.05) is 0 Å². The molecule has 3 N–H and O–H groups in total. The Bertz CT molecular complexity index is 741. The molecule has 0 spiro atoms. The van der Waals surface area contributed by atoms with Gasteiger partial charge in [0.2, 0.25) is 5.91 Å². The molecule has 1 aliphatic carbocycles. The molecule has 0 bridgehead atoms. The fourth-order valence-corrected chi connectivity index (χ4v) is 2.63. The van der Waals surface area contributed by atoms with Gasteiger partial charge in [0.05, 0.1) is 0 Å². The molecule has 0 radical (unpaired) electrons. The predicted octanol–water partition coefficient (Wildman–Crippen LogP) is 2.27. The van der Waals surface area contributed by atoms with E-state index in [4.69, 9.17) is 5.11 Å². The summed E-state index contributed by atoms with van der Waals surface area (Å²) >= 11 is 0. The van der Waals surface area contributed by atoms with E-state index in [0.29, 0.717) is 19.4 Å². The molecule has 1 fully saturated rings. The van der Waals surface area contributed by atoms with E-state index >= 15 is 0 Å². The molecule has 0 saturated heterocycles. The van der Waals surface area contributed by atoms with Gasteiger partial charge in [-0.15, -0.1) is 0 Å². The number of aliphatic carboxylic acids is 1. The van der Waals surface area contributed by atoms with Gasteiger partial charge in [0, 0.05) is 23.1 Å². The van der Waals surface area contributed by atoms with Crippen LogP contribution in [0.15, 0.2) is 18.2 Å². The Labute approximate surface area is 122 Å². The fourth-order valence-electron chi connectivity index (χ4n) is 2.63. The number of amides is 1. The SMILES string of the molecule is Cc1[nH]c2ccc(CNC(=O)C3(C(=O)O)CC3)cc2c1C. The Kier molecular flexibility index (Phi) is 3.01. The van der Waals surface area contributed by atoms with Crippen LogP contribution in [0.4, 0.5) is 0 Å². The fraction of sp³-hybridized carbons (Fsp3) is 0.375. The molecule has 21 heavy (non-hydrogen) atoms. The number of rotatable bonds is 4. The van der Waals surface area contributed by atoms with Crippen LogP contribution in [0.25, 0.3) is 10.9 Å². The Morgan fingerprint density at radius 2 is 2.05 bits per heavy atom. The second kappa shape index (κ2) is 4.62. The minimum atomic E-state index is -1.18. The molecule has 5 nitrogen and oxygen atoms in total. The first-order chi connectivity index (χ1) is 9.94. The summed E-state index contributed by atoms with van der Waals surface area (Å²) in [7, 11) is 0. The zero-order valence-corrected chi connectivity index (χ0v) is 12.1. The third-order valence-corrected chi connectivity index (χ3v) is 4.42. The summed E-state index contributed by atoms with van der Waals surface area (Å²) in [5, 5.41) is 13.0. The highest BCUT2D eigenvalue weighted by atomic mass is 16.4. The van der Waals surface area contributed by atoms with E-state index in [-0.39, 0.29) is 5.91 Å². The minimum Gasteiger partial charge on any atom is -0.480 e. The first kappa shape index (κ1) is 13.7. The monoisotopic (exact) mass is 286 g/mol. The van der Waals surface area contributed by atoms with Gasteiger partial charge >= 0.3 is 5.97 Å². The molecule has 2 aromatic rings. The van der Waals surface area contributed by atoms with E-state index in [1.54, 1.807) is 0 Å². The number of nitrogens with one attached hydrogen (secondary N) is 2. The summed E-state index contributed by atoms with van der Waals surface area (Å²) in [5.74, 6) is -1.40. The molecule has 1 aromatic heterocycles. The number of fused-ring (bicyclic) bond motifs is 1. The summed E-state index contributed by atoms with van der Waals surface area (Å²) in [6.07, 6.45) is 0.868. The molecule has 1 heterocycles. The lowest BCUT2D eigenvalue weighted by atomic mass is 10.1. The summed E-state index contributed by atoms with van der Waals surface area (Å²) < 4.78 is 0. The first-order valence-corrected chi connectivity index (χ1v) is 7.03. The van der Waals surface area contributed by atoms with Gasteiger partial charge in [-0.2, -0.15) is 0 Å². The van der Waals surface area contributed by atoms with Gasteiger partial charge in [-0.25, -0.2) is 0 Å². The van der Waals surface area contributed by atoms with Crippen molar-refractivity contribution in [1.82, 2.24) is 10.3 Å². The van der Waals surface area contributed by atoms with Crippen molar-refractivity contribution in [3.8, 4) is 0 Å². The number of carboxylic acid groups (broad SMARTS) is 1. The average molecular weight is 286 g/mol. The van der Waals surface area contributed by atoms with E-state index < -0.39 is 11.4 Å². The van der Waals surface area contributed by atoms with Gasteiger partial charge in [-0.05, 0) is 49.9 Å². The number of H-pyrrole nitrogens is 1. The van der Waals surface area contributed by atoms with Crippen LogP contribution in [0.3, 0.4) is 0 Å². The number of carboxylic acids is 1. The molecule has 1 amide bonds. The number of aromatic nitrogens is 1. The molecule has 1 saturated carbocycles. The predicted molar refractivity (Wildman–Crippen MR) is 78.9 cm³/mol. The smallest absolute Gasteiger partial charge is 0.319 e. The Hall–Kier alpha value is -2.30. The second-order valence-corrected chi connectivity index (χ2v) is 5.82. The van der Waals surface area contributed by atoms with Crippen LogP contribution in [0, 0.1) is 19.3 Å². The van der Waals surface area contributed by atoms with E-state index in [0.717, 1.165) is 22.2 Å². The van der Waals surface area contributed by atoms with Crippen molar-refractivity contribution in [3.05, 3.63) is 35.0 Å². The molecule has 1 aromatic carbocycles. The normalized spacial score (nSPS) is 15.9. The van der Waals surface area contributed by atoms with Gasteiger partial charge in [-0.1, -0.05) is 6.07 Å². The number of hydrogen-bond donors (Lipinski definition) is 3. The van der Waals surface area contributed by atoms with Crippen LogP contribution in [-0.2, 0) is 16.1 Å². The van der Waals surface area contributed by atoms with E-state index in [1.165, 1.54) is 5.56 Å². The molecule has 0 unspecified atom stereocenters. The third kappa shape index (κ3) is 2.18. The molecule has 5 heteroatoms. The van der Waals surface area contributed by atoms with E-state index in [1.807, 2.05) is 25.1 Å². The molecule has 110 valence electrons. The van der Waals surface area contributed by atoms with Crippen LogP contribution >= 0.6 is 0 Å². The Morgan fingerprint density at radius 1 is 1.33 bits per heavy atom. The van der Waals surface area contributed by atoms with Gasteiger partial charge in [0.25, 0.3) is 0 Å². The highest BCUT2D eigenvalue weighted by molar-refractivity contribution is 6.04. The summed E-state index contributed by atoms with van der Waals surface area (Å²) in [5.41, 5.74) is 3.20. The number of hydrogen-bond acceptors (Lipinski definition) is 2. The van der Waals surface area contributed by atoms with Crippen molar-refractivity contribution >= 4 is 22.8 Å². The van der Waals surface area contributed by atoms with Gasteiger partial charge in [0.1, 0.15) is 5.41 Å². The Morgan fingerprint density at radius 3 is 2.67 bits per heavy atom. The topological polar surface area (TPSA) is 82.2 Å². The van der Waals surface area contributed by atoms with Crippen LogP contribution in [0.2, 0.25) is 0 Å². The standard InChI is InChI=1S/C16H18N2O3/c1-9-10(2)18-13-4-3-11(7-12(9)13)8-17-14(19)16(5-6-16)15(20)21/h3-4,7,18H,5-6,8H2,1-2H3,(H,17,19)(H,20,21). The van der Waals surface area contributed by atoms with Gasteiger partial charge in [0.15, 0.2) is 0 Å². The van der Waals surface area contributed by atoms with E-state index in [2.05, 4.69) is 17.2 Å². The highest BCUT2D eigenvalue weighted by Gasteiger charge is 2.56. The van der Waals surface area contributed by atoms with Crippen LogP contribution < -0.4 is 5.32 Å². The first-order valence-electron chi connectivity index (χ1n) is 7.03.